The third kappa shape index (κ3) is 15.0. The van der Waals surface area contributed by atoms with Gasteiger partial charge in [-0.05, 0) is 130 Å². The number of amides is 3. The number of hydrogen-bond acceptors (Lipinski definition) is 5. The van der Waals surface area contributed by atoms with Gasteiger partial charge in [0, 0.05) is 32.5 Å². The molecule has 59 heavy (non-hydrogen) atoms. The van der Waals surface area contributed by atoms with Crippen LogP contribution < -0.4 is 16.4 Å². The molecule has 340 valence electrons. The molecule has 0 saturated heterocycles. The van der Waals surface area contributed by atoms with Crippen LogP contribution in [-0.4, -0.2) is 61.6 Å². The molecule has 4 rings (SSSR count). The van der Waals surface area contributed by atoms with E-state index < -0.39 is 0 Å². The summed E-state index contributed by atoms with van der Waals surface area (Å²) in [7, 11) is 0. The normalized spacial score (nSPS) is 27.9. The summed E-state index contributed by atoms with van der Waals surface area (Å²) in [5, 5.41) is 6.10. The number of unbranched alkanes of at least 4 members (excludes halogenated alkanes) is 11. The molecule has 0 aromatic carbocycles. The van der Waals surface area contributed by atoms with Crippen LogP contribution in [0.3, 0.4) is 0 Å². The molecule has 0 spiro atoms. The number of carbonyl (C=O) groups is 3. The molecule has 3 saturated carbocycles. The van der Waals surface area contributed by atoms with Crippen LogP contribution in [0.1, 0.15) is 208 Å². The lowest BCUT2D eigenvalue weighted by molar-refractivity contribution is -0.122. The first-order valence-electron chi connectivity index (χ1n) is 25.3. The van der Waals surface area contributed by atoms with Crippen molar-refractivity contribution in [1.82, 2.24) is 15.5 Å². The summed E-state index contributed by atoms with van der Waals surface area (Å²) in [6.45, 7) is 17.1. The lowest BCUT2D eigenvalue weighted by Crippen LogP contribution is -2.51. The van der Waals surface area contributed by atoms with Gasteiger partial charge in [0.25, 0.3) is 0 Å². The second kappa shape index (κ2) is 25.8. The third-order valence-corrected chi connectivity index (χ3v) is 16.0. The molecule has 0 aromatic heterocycles. The van der Waals surface area contributed by atoms with E-state index >= 15 is 0 Å². The Hall–Kier alpha value is -2.09. The molecular weight excluding hydrogens is 733 g/mol. The lowest BCUT2D eigenvalue weighted by Gasteiger charge is -2.58. The van der Waals surface area contributed by atoms with Crippen LogP contribution in [0.15, 0.2) is 11.6 Å². The van der Waals surface area contributed by atoms with Crippen LogP contribution in [0.4, 0.5) is 4.79 Å². The minimum atomic E-state index is -0.377. The summed E-state index contributed by atoms with van der Waals surface area (Å²) >= 11 is 0. The Morgan fingerprint density at radius 3 is 2.19 bits per heavy atom. The molecule has 0 unspecified atom stereocenters. The van der Waals surface area contributed by atoms with Gasteiger partial charge in [-0.25, -0.2) is 4.79 Å². The average Bonchev–Trinajstić information content (AvgIpc) is 3.57. The second-order valence-corrected chi connectivity index (χ2v) is 20.8. The van der Waals surface area contributed by atoms with E-state index in [2.05, 4.69) is 58.3 Å². The summed E-state index contributed by atoms with van der Waals surface area (Å²) < 4.78 is 6.30. The third-order valence-electron chi connectivity index (χ3n) is 16.0. The lowest BCUT2D eigenvalue weighted by atomic mass is 9.47. The molecule has 0 heterocycles. The van der Waals surface area contributed by atoms with E-state index in [-0.39, 0.29) is 36.0 Å². The van der Waals surface area contributed by atoms with Crippen LogP contribution >= 0.6 is 0 Å². The number of fused-ring (bicyclic) bond motifs is 5. The maximum atomic E-state index is 13.8. The van der Waals surface area contributed by atoms with Crippen molar-refractivity contribution in [3.05, 3.63) is 11.6 Å². The molecule has 8 atom stereocenters. The highest BCUT2D eigenvalue weighted by Crippen LogP contribution is 2.67. The highest BCUT2D eigenvalue weighted by Gasteiger charge is 2.59. The molecule has 0 radical (unpaired) electrons. The standard InChI is InChI=1S/C51H92N4O4/c1-7-8-9-10-11-12-13-16-24-47(56)53-35-19-20-36-55(38-48(57)54-34-18-15-14-17-33-52)49(58)59-42-29-31-50(5)41(37-42)25-26-43-45-28-27-44(40(4)23-21-22-39(2)3)51(45,6)32-30-46(43)50/h25,39-40,42-46H,7-24,26-38,52H2,1-6H3,(H,53,56)(H,54,57)/t40-,42+,43+,44-,45+,46+,50+,51-/m1/s1. The van der Waals surface area contributed by atoms with Crippen LogP contribution in [-0.2, 0) is 14.3 Å². The van der Waals surface area contributed by atoms with E-state index in [0.29, 0.717) is 44.4 Å². The molecule has 0 aliphatic heterocycles. The van der Waals surface area contributed by atoms with Crippen LogP contribution in [0.5, 0.6) is 0 Å². The molecule has 3 amide bonds. The number of carbonyl (C=O) groups excluding carboxylic acids is 3. The Kier molecular flexibility index (Phi) is 21.6. The molecule has 8 heteroatoms. The predicted molar refractivity (Wildman–Crippen MR) is 245 cm³/mol. The fourth-order valence-electron chi connectivity index (χ4n) is 12.4. The highest BCUT2D eigenvalue weighted by atomic mass is 16.6. The first-order chi connectivity index (χ1) is 28.4. The van der Waals surface area contributed by atoms with Gasteiger partial charge in [0.2, 0.25) is 11.8 Å². The molecule has 4 aliphatic rings. The van der Waals surface area contributed by atoms with Crippen LogP contribution in [0.2, 0.25) is 0 Å². The summed E-state index contributed by atoms with van der Waals surface area (Å²) in [6.07, 6.45) is 31.4. The molecular formula is C51H92N4O4. The van der Waals surface area contributed by atoms with Gasteiger partial charge >= 0.3 is 6.09 Å². The SMILES string of the molecule is CCCCCCCCCCC(=O)NCCCCN(CC(=O)NCCCCCCN)C(=O)O[C@H]1CC[C@@]2(C)C(=CC[C@H]3[C@@H]4CC[C@H]([C@H](C)CCCC(C)C)[C@@]4(C)CC[C@@H]32)C1. The first-order valence-corrected chi connectivity index (χ1v) is 25.3. The fraction of sp³-hybridized carbons (Fsp3) is 0.902. The van der Waals surface area contributed by atoms with Gasteiger partial charge in [0.1, 0.15) is 12.6 Å². The summed E-state index contributed by atoms with van der Waals surface area (Å²) in [4.78, 5) is 41.0. The zero-order valence-corrected chi connectivity index (χ0v) is 39.2. The van der Waals surface area contributed by atoms with Gasteiger partial charge in [0.15, 0.2) is 0 Å². The zero-order valence-electron chi connectivity index (χ0n) is 39.2. The van der Waals surface area contributed by atoms with Gasteiger partial charge < -0.3 is 21.1 Å². The first kappa shape index (κ1) is 49.6. The van der Waals surface area contributed by atoms with Crippen molar-refractivity contribution in [2.45, 2.75) is 215 Å². The van der Waals surface area contributed by atoms with Gasteiger partial charge in [0.05, 0.1) is 0 Å². The average molecular weight is 825 g/mol. The number of nitrogens with two attached hydrogens (primary N) is 1. The second-order valence-electron chi connectivity index (χ2n) is 20.8. The Balaban J connectivity index is 1.27. The van der Waals surface area contributed by atoms with Gasteiger partial charge in [-0.15, -0.1) is 0 Å². The molecule has 4 aliphatic carbocycles. The van der Waals surface area contributed by atoms with Crippen LogP contribution in [0, 0.1) is 46.3 Å². The van der Waals surface area contributed by atoms with Crippen molar-refractivity contribution in [2.75, 3.05) is 32.7 Å². The smallest absolute Gasteiger partial charge is 0.410 e. The topological polar surface area (TPSA) is 114 Å². The molecule has 0 bridgehead atoms. The van der Waals surface area contributed by atoms with Crippen molar-refractivity contribution in [2.24, 2.45) is 52.1 Å². The van der Waals surface area contributed by atoms with Crippen LogP contribution in [0.25, 0.3) is 0 Å². The quantitative estimate of drug-likeness (QED) is 0.0537. The van der Waals surface area contributed by atoms with E-state index in [9.17, 15) is 14.4 Å². The van der Waals surface area contributed by atoms with E-state index in [1.54, 1.807) is 4.90 Å². The minimum absolute atomic E-state index is 0.000810. The summed E-state index contributed by atoms with van der Waals surface area (Å²) in [6, 6.07) is 0. The Morgan fingerprint density at radius 2 is 1.46 bits per heavy atom. The van der Waals surface area contributed by atoms with Crippen molar-refractivity contribution in [3.63, 3.8) is 0 Å². The van der Waals surface area contributed by atoms with E-state index in [4.69, 9.17) is 10.5 Å². The maximum Gasteiger partial charge on any atom is 0.410 e. The molecule has 8 nitrogen and oxygen atoms in total. The maximum absolute atomic E-state index is 13.8. The van der Waals surface area contributed by atoms with Gasteiger partial charge in [-0.1, -0.05) is 130 Å². The molecule has 0 aromatic rings. The monoisotopic (exact) mass is 825 g/mol. The highest BCUT2D eigenvalue weighted by molar-refractivity contribution is 5.82. The van der Waals surface area contributed by atoms with Crippen molar-refractivity contribution >= 4 is 17.9 Å². The van der Waals surface area contributed by atoms with Crippen molar-refractivity contribution in [3.8, 4) is 0 Å². The zero-order chi connectivity index (χ0) is 42.7. The van der Waals surface area contributed by atoms with Crippen molar-refractivity contribution in [1.29, 1.82) is 0 Å². The largest absolute Gasteiger partial charge is 0.446 e. The minimum Gasteiger partial charge on any atom is -0.446 e. The predicted octanol–water partition coefficient (Wildman–Crippen LogP) is 11.9. The van der Waals surface area contributed by atoms with E-state index in [0.717, 1.165) is 99.7 Å². The number of nitrogens with one attached hydrogen (secondary N) is 2. The molecule has 4 N–H and O–H groups in total. The number of nitrogens with zero attached hydrogens (tertiary/aromatic N) is 1. The molecule has 3 fully saturated rings. The Bertz CT molecular complexity index is 1290. The van der Waals surface area contributed by atoms with E-state index in [1.165, 1.54) is 95.5 Å². The van der Waals surface area contributed by atoms with Gasteiger partial charge in [-0.3, -0.25) is 14.5 Å². The number of allylic oxidation sites excluding steroid dienone is 1. The Labute approximate surface area is 362 Å². The van der Waals surface area contributed by atoms with Crippen molar-refractivity contribution < 1.29 is 19.1 Å². The Morgan fingerprint density at radius 1 is 0.780 bits per heavy atom. The number of hydrogen-bond donors (Lipinski definition) is 3. The number of rotatable bonds is 28. The van der Waals surface area contributed by atoms with E-state index in [1.807, 2.05) is 0 Å². The number of ether oxygens (including phenoxy) is 1. The summed E-state index contributed by atoms with van der Waals surface area (Å²) in [5.41, 5.74) is 7.82. The summed E-state index contributed by atoms with van der Waals surface area (Å²) in [5.74, 6) is 4.80. The van der Waals surface area contributed by atoms with Gasteiger partial charge in [-0.2, -0.15) is 0 Å². The fourth-order valence-corrected chi connectivity index (χ4v) is 12.4.